The number of nitrogens with zero attached hydrogens (tertiary/aromatic N) is 2. The highest BCUT2D eigenvalue weighted by atomic mass is 35.5. The normalized spacial score (nSPS) is 16.1. The molecule has 30 heavy (non-hydrogen) atoms. The summed E-state index contributed by atoms with van der Waals surface area (Å²) >= 11 is 6.03. The summed E-state index contributed by atoms with van der Waals surface area (Å²) in [4.78, 5) is 28.6. The van der Waals surface area contributed by atoms with Crippen molar-refractivity contribution in [1.82, 2.24) is 15.1 Å². The zero-order chi connectivity index (χ0) is 21.3. The van der Waals surface area contributed by atoms with E-state index in [-0.39, 0.29) is 17.9 Å². The second kappa shape index (κ2) is 11.1. The number of benzene rings is 2. The Balaban J connectivity index is 1.56. The van der Waals surface area contributed by atoms with Crippen LogP contribution in [0.3, 0.4) is 0 Å². The van der Waals surface area contributed by atoms with Crippen LogP contribution in [0.1, 0.15) is 24.1 Å². The fraction of sp³-hybridized carbons (Fsp3) is 0.391. The Labute approximate surface area is 182 Å². The number of rotatable bonds is 8. The van der Waals surface area contributed by atoms with Crippen LogP contribution in [0, 0.1) is 0 Å². The summed E-state index contributed by atoms with van der Waals surface area (Å²) in [6.07, 6.45) is 0. The quantitative estimate of drug-likeness (QED) is 0.654. The molecule has 1 atom stereocenters. The van der Waals surface area contributed by atoms with E-state index in [4.69, 9.17) is 16.3 Å². The number of piperazine rings is 1. The molecular weight excluding hydrogens is 402 g/mol. The van der Waals surface area contributed by atoms with Crippen LogP contribution in [0.25, 0.3) is 0 Å². The van der Waals surface area contributed by atoms with Crippen molar-refractivity contribution < 1.29 is 14.3 Å². The number of amides is 1. The molecule has 1 aliphatic rings. The van der Waals surface area contributed by atoms with Crippen LogP contribution >= 0.6 is 11.6 Å². The van der Waals surface area contributed by atoms with Crippen LogP contribution in [0.2, 0.25) is 5.02 Å². The molecule has 160 valence electrons. The highest BCUT2D eigenvalue weighted by Gasteiger charge is 2.23. The van der Waals surface area contributed by atoms with Crippen LogP contribution < -0.4 is 5.32 Å². The fourth-order valence-electron chi connectivity index (χ4n) is 3.56. The fourth-order valence-corrected chi connectivity index (χ4v) is 3.69. The van der Waals surface area contributed by atoms with Crippen LogP contribution in [-0.2, 0) is 14.3 Å². The molecule has 1 saturated heterocycles. The molecule has 0 radical (unpaired) electrons. The molecule has 0 unspecified atom stereocenters. The van der Waals surface area contributed by atoms with E-state index < -0.39 is 0 Å². The van der Waals surface area contributed by atoms with Crippen molar-refractivity contribution in [3.63, 3.8) is 0 Å². The maximum Gasteiger partial charge on any atom is 0.320 e. The number of ether oxygens (including phenoxy) is 1. The second-order valence-corrected chi connectivity index (χ2v) is 7.76. The zero-order valence-electron chi connectivity index (χ0n) is 17.2. The van der Waals surface area contributed by atoms with Gasteiger partial charge in [-0.05, 0) is 30.2 Å². The van der Waals surface area contributed by atoms with Gasteiger partial charge in [-0.2, -0.15) is 0 Å². The summed E-state index contributed by atoms with van der Waals surface area (Å²) in [5.41, 5.74) is 2.01. The molecule has 0 bridgehead atoms. The lowest BCUT2D eigenvalue weighted by molar-refractivity contribution is -0.145. The molecule has 2 aromatic carbocycles. The minimum absolute atomic E-state index is 0.0300. The van der Waals surface area contributed by atoms with E-state index in [0.29, 0.717) is 24.7 Å². The first-order chi connectivity index (χ1) is 14.5. The monoisotopic (exact) mass is 429 g/mol. The Hall–Kier alpha value is -2.41. The van der Waals surface area contributed by atoms with E-state index in [9.17, 15) is 9.59 Å². The molecule has 6 nitrogen and oxygen atoms in total. The summed E-state index contributed by atoms with van der Waals surface area (Å²) in [6, 6.07) is 17.2. The third kappa shape index (κ3) is 6.55. The highest BCUT2D eigenvalue weighted by molar-refractivity contribution is 6.30. The van der Waals surface area contributed by atoms with E-state index in [1.54, 1.807) is 6.92 Å². The van der Waals surface area contributed by atoms with Crippen LogP contribution in [0.4, 0.5) is 0 Å². The molecule has 0 aromatic heterocycles. The van der Waals surface area contributed by atoms with Gasteiger partial charge in [0.1, 0.15) is 0 Å². The second-order valence-electron chi connectivity index (χ2n) is 7.32. The van der Waals surface area contributed by atoms with E-state index in [1.165, 1.54) is 0 Å². The maximum absolute atomic E-state index is 12.8. The molecular formula is C23H28ClN3O3. The molecule has 3 rings (SSSR count). The topological polar surface area (TPSA) is 61.9 Å². The van der Waals surface area contributed by atoms with E-state index in [1.807, 2.05) is 54.6 Å². The van der Waals surface area contributed by atoms with Gasteiger partial charge < -0.3 is 10.1 Å². The predicted octanol–water partition coefficient (Wildman–Crippen LogP) is 2.73. The first kappa shape index (κ1) is 22.3. The number of carbonyl (C=O) groups is 2. The lowest BCUT2D eigenvalue weighted by atomic mass is 9.98. The van der Waals surface area contributed by atoms with Gasteiger partial charge in [-0.15, -0.1) is 0 Å². The lowest BCUT2D eigenvalue weighted by Gasteiger charge is -2.34. The highest BCUT2D eigenvalue weighted by Crippen LogP contribution is 2.23. The van der Waals surface area contributed by atoms with Gasteiger partial charge in [0.05, 0.1) is 25.7 Å². The Kier molecular flexibility index (Phi) is 8.25. The van der Waals surface area contributed by atoms with Crippen LogP contribution in [0.5, 0.6) is 0 Å². The van der Waals surface area contributed by atoms with Gasteiger partial charge in [0.15, 0.2) is 0 Å². The molecule has 7 heteroatoms. The Bertz CT molecular complexity index is 821. The molecule has 1 heterocycles. The number of hydrogen-bond donors (Lipinski definition) is 1. The van der Waals surface area contributed by atoms with Gasteiger partial charge in [-0.1, -0.05) is 54.1 Å². The number of esters is 1. The molecule has 0 spiro atoms. The molecule has 1 amide bonds. The van der Waals surface area contributed by atoms with Gasteiger partial charge in [0.25, 0.3) is 0 Å². The van der Waals surface area contributed by atoms with Gasteiger partial charge in [0.2, 0.25) is 5.91 Å². The molecule has 1 aliphatic heterocycles. The van der Waals surface area contributed by atoms with E-state index in [0.717, 1.165) is 37.3 Å². The van der Waals surface area contributed by atoms with Crippen molar-refractivity contribution >= 4 is 23.5 Å². The number of nitrogens with one attached hydrogen (secondary N) is 1. The van der Waals surface area contributed by atoms with E-state index >= 15 is 0 Å². The zero-order valence-corrected chi connectivity index (χ0v) is 18.0. The predicted molar refractivity (Wildman–Crippen MR) is 117 cm³/mol. The van der Waals surface area contributed by atoms with Gasteiger partial charge >= 0.3 is 5.97 Å². The molecule has 1 N–H and O–H groups in total. The van der Waals surface area contributed by atoms with Crippen molar-refractivity contribution in [2.75, 3.05) is 45.9 Å². The van der Waals surface area contributed by atoms with Crippen molar-refractivity contribution in [1.29, 1.82) is 0 Å². The van der Waals surface area contributed by atoms with Gasteiger partial charge in [-0.3, -0.25) is 19.4 Å². The van der Waals surface area contributed by atoms with Gasteiger partial charge in [0, 0.05) is 31.2 Å². The minimum Gasteiger partial charge on any atom is -0.465 e. The number of hydrogen-bond acceptors (Lipinski definition) is 5. The molecule has 0 saturated carbocycles. The Morgan fingerprint density at radius 3 is 2.10 bits per heavy atom. The first-order valence-corrected chi connectivity index (χ1v) is 10.6. The molecule has 1 fully saturated rings. The van der Waals surface area contributed by atoms with E-state index in [2.05, 4.69) is 15.1 Å². The summed E-state index contributed by atoms with van der Waals surface area (Å²) in [7, 11) is 0. The Morgan fingerprint density at radius 1 is 0.933 bits per heavy atom. The van der Waals surface area contributed by atoms with Crippen molar-refractivity contribution in [2.24, 2.45) is 0 Å². The first-order valence-electron chi connectivity index (χ1n) is 10.2. The minimum atomic E-state index is -0.235. The van der Waals surface area contributed by atoms with Crippen LogP contribution in [0.15, 0.2) is 54.6 Å². The smallest absolute Gasteiger partial charge is 0.320 e. The SMILES string of the molecule is CCOC(=O)CN1CCN(CC(=O)N[C@H](c2ccccc2)c2ccc(Cl)cc2)CC1. The average Bonchev–Trinajstić information content (AvgIpc) is 2.75. The number of halogens is 1. The summed E-state index contributed by atoms with van der Waals surface area (Å²) in [5.74, 6) is -0.227. The van der Waals surface area contributed by atoms with Crippen molar-refractivity contribution in [3.05, 3.63) is 70.7 Å². The van der Waals surface area contributed by atoms with Crippen LogP contribution in [-0.4, -0.2) is 67.6 Å². The van der Waals surface area contributed by atoms with Crippen molar-refractivity contribution in [3.8, 4) is 0 Å². The third-order valence-electron chi connectivity index (χ3n) is 5.13. The summed E-state index contributed by atoms with van der Waals surface area (Å²) in [5, 5.41) is 3.83. The summed E-state index contributed by atoms with van der Waals surface area (Å²) in [6.45, 7) is 5.80. The third-order valence-corrected chi connectivity index (χ3v) is 5.38. The standard InChI is InChI=1S/C23H28ClN3O3/c1-2-30-22(29)17-27-14-12-26(13-15-27)16-21(28)25-23(18-6-4-3-5-7-18)19-8-10-20(24)11-9-19/h3-11,23H,2,12-17H2,1H3,(H,25,28)/t23-/m1/s1. The largest absolute Gasteiger partial charge is 0.465 e. The number of carbonyl (C=O) groups excluding carboxylic acids is 2. The maximum atomic E-state index is 12.8. The van der Waals surface area contributed by atoms with Crippen molar-refractivity contribution in [2.45, 2.75) is 13.0 Å². The van der Waals surface area contributed by atoms with Gasteiger partial charge in [-0.25, -0.2) is 0 Å². The summed E-state index contributed by atoms with van der Waals surface area (Å²) < 4.78 is 5.00. The average molecular weight is 430 g/mol. The Morgan fingerprint density at radius 2 is 1.50 bits per heavy atom. The lowest BCUT2D eigenvalue weighted by Crippen LogP contribution is -2.50. The molecule has 0 aliphatic carbocycles. The molecule has 2 aromatic rings.